The average Bonchev–Trinajstić information content (AvgIpc) is 3.59. The van der Waals surface area contributed by atoms with Gasteiger partial charge in [0.1, 0.15) is 6.04 Å². The largest absolute Gasteiger partial charge is 0.396 e. The monoisotopic (exact) mass is 593 g/mol. The number of benzene rings is 1. The van der Waals surface area contributed by atoms with E-state index in [-0.39, 0.29) is 41.5 Å². The van der Waals surface area contributed by atoms with Gasteiger partial charge in [-0.05, 0) is 43.6 Å². The summed E-state index contributed by atoms with van der Waals surface area (Å²) in [5.74, 6) is -0.938. The SMILES string of the molecule is C=CCN(Cc1ccccc1)C(=O)[C@@H]1[C@@H]2CC(C)C3(S2)C(C(=O)N(CC=C)C2CCCCC2)N(CCCCO)C(=O)[C@H]13. The lowest BCUT2D eigenvalue weighted by Gasteiger charge is -2.43. The highest BCUT2D eigenvalue weighted by Crippen LogP contribution is 2.69. The minimum atomic E-state index is -0.640. The van der Waals surface area contributed by atoms with Crippen LogP contribution in [0.25, 0.3) is 0 Å². The lowest BCUT2D eigenvalue weighted by Crippen LogP contribution is -2.59. The molecule has 8 heteroatoms. The van der Waals surface area contributed by atoms with E-state index in [0.717, 1.165) is 37.7 Å². The van der Waals surface area contributed by atoms with Crippen LogP contribution in [0, 0.1) is 17.8 Å². The molecule has 1 saturated carbocycles. The van der Waals surface area contributed by atoms with Crippen LogP contribution < -0.4 is 0 Å². The van der Waals surface area contributed by atoms with Crippen molar-refractivity contribution < 1.29 is 19.5 Å². The van der Waals surface area contributed by atoms with Crippen LogP contribution in [0.4, 0.5) is 0 Å². The smallest absolute Gasteiger partial charge is 0.247 e. The van der Waals surface area contributed by atoms with E-state index in [2.05, 4.69) is 20.1 Å². The quantitative estimate of drug-likeness (QED) is 0.266. The van der Waals surface area contributed by atoms with Gasteiger partial charge in [0.2, 0.25) is 17.7 Å². The zero-order valence-electron chi connectivity index (χ0n) is 25.0. The molecule has 3 amide bonds. The van der Waals surface area contributed by atoms with Gasteiger partial charge in [0.25, 0.3) is 0 Å². The molecule has 228 valence electrons. The van der Waals surface area contributed by atoms with Gasteiger partial charge in [-0.25, -0.2) is 0 Å². The number of aliphatic hydroxyl groups is 1. The fourth-order valence-corrected chi connectivity index (χ4v) is 10.6. The Morgan fingerprint density at radius 2 is 1.79 bits per heavy atom. The van der Waals surface area contributed by atoms with E-state index in [1.54, 1.807) is 23.9 Å². The number of hydrogen-bond donors (Lipinski definition) is 1. The Labute approximate surface area is 255 Å². The van der Waals surface area contributed by atoms with Crippen molar-refractivity contribution in [3.8, 4) is 0 Å². The molecule has 1 aromatic rings. The maximum absolute atomic E-state index is 14.8. The molecule has 42 heavy (non-hydrogen) atoms. The van der Waals surface area contributed by atoms with E-state index >= 15 is 0 Å². The average molecular weight is 594 g/mol. The van der Waals surface area contributed by atoms with Gasteiger partial charge in [-0.3, -0.25) is 14.4 Å². The van der Waals surface area contributed by atoms with E-state index in [9.17, 15) is 19.5 Å². The Hall–Kier alpha value is -2.58. The van der Waals surface area contributed by atoms with Crippen molar-refractivity contribution in [2.24, 2.45) is 17.8 Å². The summed E-state index contributed by atoms with van der Waals surface area (Å²) in [6, 6.07) is 9.47. The molecule has 0 aromatic heterocycles. The first-order chi connectivity index (χ1) is 20.4. The molecule has 4 fully saturated rings. The van der Waals surface area contributed by atoms with Gasteiger partial charge in [-0.1, -0.05) is 68.7 Å². The van der Waals surface area contributed by atoms with Crippen LogP contribution in [-0.4, -0.2) is 85.8 Å². The number of nitrogens with zero attached hydrogens (tertiary/aromatic N) is 3. The number of aliphatic hydroxyl groups excluding tert-OH is 1. The van der Waals surface area contributed by atoms with Gasteiger partial charge in [0, 0.05) is 44.1 Å². The highest BCUT2D eigenvalue weighted by molar-refractivity contribution is 8.02. The van der Waals surface area contributed by atoms with E-state index in [1.165, 1.54) is 6.42 Å². The normalized spacial score (nSPS) is 30.3. The highest BCUT2D eigenvalue weighted by atomic mass is 32.2. The molecule has 3 saturated heterocycles. The topological polar surface area (TPSA) is 81.2 Å². The first-order valence-corrected chi connectivity index (χ1v) is 16.7. The van der Waals surface area contributed by atoms with Crippen LogP contribution in [0.5, 0.6) is 0 Å². The maximum Gasteiger partial charge on any atom is 0.247 e. The van der Waals surface area contributed by atoms with Crippen LogP contribution in [0.1, 0.15) is 63.9 Å². The first-order valence-electron chi connectivity index (χ1n) is 15.8. The fourth-order valence-electron chi connectivity index (χ4n) is 8.23. The molecule has 6 atom stereocenters. The van der Waals surface area contributed by atoms with Crippen molar-refractivity contribution in [2.75, 3.05) is 26.2 Å². The van der Waals surface area contributed by atoms with E-state index in [0.29, 0.717) is 39.0 Å². The molecule has 1 aliphatic carbocycles. The molecule has 3 unspecified atom stereocenters. The van der Waals surface area contributed by atoms with Gasteiger partial charge in [0.05, 0.1) is 16.6 Å². The van der Waals surface area contributed by atoms with Gasteiger partial charge in [0.15, 0.2) is 0 Å². The zero-order valence-corrected chi connectivity index (χ0v) is 25.9. The summed E-state index contributed by atoms with van der Waals surface area (Å²) in [5.41, 5.74) is 1.04. The molecule has 0 radical (unpaired) electrons. The molecule has 1 spiro atoms. The van der Waals surface area contributed by atoms with Crippen molar-refractivity contribution in [3.63, 3.8) is 0 Å². The van der Waals surface area contributed by atoms with E-state index < -0.39 is 22.6 Å². The van der Waals surface area contributed by atoms with Crippen LogP contribution in [0.3, 0.4) is 0 Å². The Kier molecular flexibility index (Phi) is 9.83. The second kappa shape index (κ2) is 13.4. The Bertz CT molecular complexity index is 1150. The zero-order chi connectivity index (χ0) is 29.9. The third-order valence-corrected chi connectivity index (χ3v) is 12.1. The lowest BCUT2D eigenvalue weighted by molar-refractivity contribution is -0.145. The number of thioether (sulfide) groups is 1. The van der Waals surface area contributed by atoms with Gasteiger partial charge in [-0.2, -0.15) is 0 Å². The summed E-state index contributed by atoms with van der Waals surface area (Å²) in [6.45, 7) is 11.8. The van der Waals surface area contributed by atoms with Crippen molar-refractivity contribution in [3.05, 3.63) is 61.2 Å². The Morgan fingerprint density at radius 1 is 1.07 bits per heavy atom. The predicted octanol–water partition coefficient (Wildman–Crippen LogP) is 4.66. The fraction of sp³-hybridized carbons (Fsp3) is 0.618. The minimum absolute atomic E-state index is 0.00182. The third-order valence-electron chi connectivity index (χ3n) is 10.1. The third kappa shape index (κ3) is 5.45. The Morgan fingerprint density at radius 3 is 2.45 bits per heavy atom. The number of rotatable bonds is 13. The summed E-state index contributed by atoms with van der Waals surface area (Å²) in [5, 5.41) is 9.51. The van der Waals surface area contributed by atoms with Gasteiger partial charge in [-0.15, -0.1) is 24.9 Å². The summed E-state index contributed by atoms with van der Waals surface area (Å²) in [6.07, 6.45) is 10.9. The number of carbonyl (C=O) groups excluding carboxylic acids is 3. The lowest BCUT2D eigenvalue weighted by atomic mass is 9.65. The number of likely N-dealkylation sites (tertiary alicyclic amines) is 1. The number of unbranched alkanes of at least 4 members (excludes halogenated alkanes) is 1. The van der Waals surface area contributed by atoms with Gasteiger partial charge >= 0.3 is 0 Å². The van der Waals surface area contributed by atoms with E-state index in [4.69, 9.17) is 0 Å². The predicted molar refractivity (Wildman–Crippen MR) is 168 cm³/mol. The van der Waals surface area contributed by atoms with Crippen molar-refractivity contribution in [1.82, 2.24) is 14.7 Å². The molecule has 1 N–H and O–H groups in total. The second-order valence-electron chi connectivity index (χ2n) is 12.6. The first kappa shape index (κ1) is 30.9. The summed E-state index contributed by atoms with van der Waals surface area (Å²) >= 11 is 1.74. The minimum Gasteiger partial charge on any atom is -0.396 e. The maximum atomic E-state index is 14.8. The molecular formula is C34H47N3O4S. The summed E-state index contributed by atoms with van der Waals surface area (Å²) in [7, 11) is 0. The molecule has 3 heterocycles. The molecule has 4 aliphatic rings. The van der Waals surface area contributed by atoms with Crippen LogP contribution in [0.15, 0.2) is 55.6 Å². The van der Waals surface area contributed by atoms with Crippen LogP contribution in [0.2, 0.25) is 0 Å². The molecule has 2 bridgehead atoms. The summed E-state index contributed by atoms with van der Waals surface area (Å²) < 4.78 is -0.640. The summed E-state index contributed by atoms with van der Waals surface area (Å²) in [4.78, 5) is 49.3. The molecular weight excluding hydrogens is 546 g/mol. The standard InChI is InChI=1S/C34H47N3O4S/c1-4-18-35(23-25-14-8-6-9-15-25)31(39)28-27-22-24(3)34(42-27)29(28)32(40)37(20-12-13-21-38)30(34)33(41)36(19-5-2)26-16-10-7-11-17-26/h4-6,8-9,14-15,24,26-30,38H,1-2,7,10-13,16-23H2,3H3/t24?,27-,28+,29-,30?,34?/m0/s1. The van der Waals surface area contributed by atoms with Crippen molar-refractivity contribution >= 4 is 29.5 Å². The van der Waals surface area contributed by atoms with Crippen LogP contribution in [-0.2, 0) is 20.9 Å². The van der Waals surface area contributed by atoms with Crippen molar-refractivity contribution in [1.29, 1.82) is 0 Å². The second-order valence-corrected chi connectivity index (χ2v) is 14.1. The Balaban J connectivity index is 1.51. The van der Waals surface area contributed by atoms with E-state index in [1.807, 2.05) is 45.0 Å². The van der Waals surface area contributed by atoms with Crippen LogP contribution >= 0.6 is 11.8 Å². The number of carbonyl (C=O) groups is 3. The molecule has 5 rings (SSSR count). The number of amides is 3. The molecule has 3 aliphatic heterocycles. The van der Waals surface area contributed by atoms with Crippen molar-refractivity contribution in [2.45, 2.75) is 86.9 Å². The number of fused-ring (bicyclic) bond motifs is 1. The number of hydrogen-bond acceptors (Lipinski definition) is 5. The van der Waals surface area contributed by atoms with Gasteiger partial charge < -0.3 is 19.8 Å². The molecule has 7 nitrogen and oxygen atoms in total. The molecule has 1 aromatic carbocycles. The highest BCUT2D eigenvalue weighted by Gasteiger charge is 2.76.